The highest BCUT2D eigenvalue weighted by molar-refractivity contribution is 5.74. The number of nitrogens with zero attached hydrogens (tertiary/aromatic N) is 1. The van der Waals surface area contributed by atoms with Crippen LogP contribution in [0.3, 0.4) is 0 Å². The zero-order chi connectivity index (χ0) is 8.91. The number of alkyl halides is 3. The molecule has 0 spiro atoms. The number of aliphatic imine (C=N–C) groups is 1. The van der Waals surface area contributed by atoms with Crippen LogP contribution in [0.15, 0.2) is 17.3 Å². The van der Waals surface area contributed by atoms with E-state index in [1.165, 1.54) is 0 Å². The molecule has 0 aromatic heterocycles. The Hall–Kier alpha value is -1.00. The van der Waals surface area contributed by atoms with Gasteiger partial charge in [-0.2, -0.15) is 0 Å². The third kappa shape index (κ3) is 6.89. The quantitative estimate of drug-likeness (QED) is 0.466. The molecule has 2 nitrogen and oxygen atoms in total. The van der Waals surface area contributed by atoms with E-state index in [0.29, 0.717) is 6.54 Å². The molecule has 0 aromatic rings. The van der Waals surface area contributed by atoms with Crippen molar-refractivity contribution in [1.29, 1.82) is 0 Å². The number of halogens is 3. The number of ether oxygens (including phenoxy) is 1. The molecule has 0 unspecified atom stereocenters. The van der Waals surface area contributed by atoms with Gasteiger partial charge in [0, 0.05) is 6.54 Å². The molecule has 0 N–H and O–H groups in total. The Kier molecular flexibility index (Phi) is 3.64. The Morgan fingerprint density at radius 3 is 2.55 bits per heavy atom. The summed E-state index contributed by atoms with van der Waals surface area (Å²) in [5.74, 6) is -0.501. The number of allylic oxidation sites excluding steroid dienone is 1. The molecular formula is C6H8F3NO. The number of hydrogen-bond donors (Lipinski definition) is 0. The van der Waals surface area contributed by atoms with Crippen LogP contribution in [0.4, 0.5) is 13.2 Å². The number of hydrogen-bond acceptors (Lipinski definition) is 2. The maximum Gasteiger partial charge on any atom is 0.573 e. The summed E-state index contributed by atoms with van der Waals surface area (Å²) in [6.07, 6.45) is -3.73. The molecule has 0 saturated carbocycles. The van der Waals surface area contributed by atoms with Crippen LogP contribution >= 0.6 is 0 Å². The summed E-state index contributed by atoms with van der Waals surface area (Å²) < 4.78 is 37.6. The maximum atomic E-state index is 11.4. The Morgan fingerprint density at radius 1 is 1.64 bits per heavy atom. The van der Waals surface area contributed by atoms with E-state index in [9.17, 15) is 13.2 Å². The van der Waals surface area contributed by atoms with Gasteiger partial charge in [0.05, 0.1) is 6.21 Å². The molecule has 0 fully saturated rings. The summed E-state index contributed by atoms with van der Waals surface area (Å²) in [6, 6.07) is 0. The van der Waals surface area contributed by atoms with E-state index in [2.05, 4.69) is 16.3 Å². The van der Waals surface area contributed by atoms with Crippen LogP contribution in [0.25, 0.3) is 0 Å². The molecule has 0 radical (unpaired) electrons. The van der Waals surface area contributed by atoms with Crippen molar-refractivity contribution in [3.05, 3.63) is 12.3 Å². The third-order valence-corrected chi connectivity index (χ3v) is 0.665. The first kappa shape index (κ1) is 10.0. The first-order valence-electron chi connectivity index (χ1n) is 2.90. The van der Waals surface area contributed by atoms with E-state index in [0.717, 1.165) is 6.21 Å². The lowest BCUT2D eigenvalue weighted by Crippen LogP contribution is -2.12. The van der Waals surface area contributed by atoms with Crippen molar-refractivity contribution in [2.75, 3.05) is 6.54 Å². The highest BCUT2D eigenvalue weighted by Crippen LogP contribution is 2.18. The van der Waals surface area contributed by atoms with E-state index in [4.69, 9.17) is 0 Å². The van der Waals surface area contributed by atoms with Crippen molar-refractivity contribution < 1.29 is 17.9 Å². The van der Waals surface area contributed by atoms with Gasteiger partial charge >= 0.3 is 6.36 Å². The lowest BCUT2D eigenvalue weighted by Gasteiger charge is -2.06. The van der Waals surface area contributed by atoms with Crippen LogP contribution in [-0.2, 0) is 4.74 Å². The average molecular weight is 167 g/mol. The topological polar surface area (TPSA) is 21.6 Å². The monoisotopic (exact) mass is 167 g/mol. The number of rotatable bonds is 3. The van der Waals surface area contributed by atoms with Gasteiger partial charge in [-0.1, -0.05) is 6.58 Å². The van der Waals surface area contributed by atoms with Crippen LogP contribution in [-0.4, -0.2) is 19.1 Å². The van der Waals surface area contributed by atoms with Gasteiger partial charge in [0.15, 0.2) is 0 Å². The second-order valence-electron chi connectivity index (χ2n) is 1.64. The van der Waals surface area contributed by atoms with E-state index >= 15 is 0 Å². The van der Waals surface area contributed by atoms with E-state index in [1.54, 1.807) is 6.92 Å². The maximum absolute atomic E-state index is 11.4. The smallest absolute Gasteiger partial charge is 0.405 e. The van der Waals surface area contributed by atoms with E-state index in [-0.39, 0.29) is 0 Å². The van der Waals surface area contributed by atoms with Crippen molar-refractivity contribution in [1.82, 2.24) is 0 Å². The van der Waals surface area contributed by atoms with Crippen molar-refractivity contribution in [3.8, 4) is 0 Å². The molecule has 0 aromatic carbocycles. The molecule has 0 saturated heterocycles. The fourth-order valence-corrected chi connectivity index (χ4v) is 0.368. The van der Waals surface area contributed by atoms with Crippen molar-refractivity contribution in [2.24, 2.45) is 4.99 Å². The molecule has 0 bridgehead atoms. The predicted octanol–water partition coefficient (Wildman–Crippen LogP) is 2.13. The minimum atomic E-state index is -4.67. The molecule has 0 rings (SSSR count). The van der Waals surface area contributed by atoms with Crippen molar-refractivity contribution in [3.63, 3.8) is 0 Å². The molecule has 0 atom stereocenters. The highest BCUT2D eigenvalue weighted by Gasteiger charge is 2.30. The SMILES string of the molecule is C=C(/C=N\CC)OC(F)(F)F. The van der Waals surface area contributed by atoms with Gasteiger partial charge in [0.2, 0.25) is 0 Å². The second-order valence-corrected chi connectivity index (χ2v) is 1.64. The molecule has 11 heavy (non-hydrogen) atoms. The fourth-order valence-electron chi connectivity index (χ4n) is 0.368. The summed E-state index contributed by atoms with van der Waals surface area (Å²) in [4.78, 5) is 3.51. The Labute approximate surface area is 62.4 Å². The van der Waals surface area contributed by atoms with Crippen molar-refractivity contribution >= 4 is 6.21 Å². The summed E-state index contributed by atoms with van der Waals surface area (Å²) in [5, 5.41) is 0. The van der Waals surface area contributed by atoms with E-state index < -0.39 is 12.1 Å². The van der Waals surface area contributed by atoms with Gasteiger partial charge in [-0.3, -0.25) is 4.99 Å². The zero-order valence-electron chi connectivity index (χ0n) is 5.98. The predicted molar refractivity (Wildman–Crippen MR) is 35.3 cm³/mol. The van der Waals surface area contributed by atoms with Gasteiger partial charge < -0.3 is 4.74 Å². The Balaban J connectivity index is 3.80. The molecular weight excluding hydrogens is 159 g/mol. The summed E-state index contributed by atoms with van der Waals surface area (Å²) in [5.41, 5.74) is 0. The summed E-state index contributed by atoms with van der Waals surface area (Å²) >= 11 is 0. The van der Waals surface area contributed by atoms with Crippen LogP contribution < -0.4 is 0 Å². The largest absolute Gasteiger partial charge is 0.573 e. The molecule has 5 heteroatoms. The van der Waals surface area contributed by atoms with E-state index in [1.807, 2.05) is 0 Å². The van der Waals surface area contributed by atoms with Gasteiger partial charge in [-0.25, -0.2) is 0 Å². The standard InChI is InChI=1S/C6H8F3NO/c1-3-10-4-5(2)11-6(7,8)9/h4H,2-3H2,1H3/b10-4-. The Bertz CT molecular complexity index is 162. The molecule has 0 aliphatic carbocycles. The fraction of sp³-hybridized carbons (Fsp3) is 0.500. The van der Waals surface area contributed by atoms with Crippen molar-refractivity contribution in [2.45, 2.75) is 13.3 Å². The van der Waals surface area contributed by atoms with Gasteiger partial charge in [0.1, 0.15) is 5.76 Å². The second kappa shape index (κ2) is 4.00. The molecule has 0 aliphatic heterocycles. The van der Waals surface area contributed by atoms with Crippen LogP contribution in [0.2, 0.25) is 0 Å². The molecule has 0 heterocycles. The third-order valence-electron chi connectivity index (χ3n) is 0.665. The van der Waals surface area contributed by atoms with Gasteiger partial charge in [-0.05, 0) is 6.92 Å². The highest BCUT2D eigenvalue weighted by atomic mass is 19.4. The molecule has 0 amide bonds. The first-order valence-corrected chi connectivity index (χ1v) is 2.90. The lowest BCUT2D eigenvalue weighted by molar-refractivity contribution is -0.301. The van der Waals surface area contributed by atoms with Crippen LogP contribution in [0, 0.1) is 0 Å². The Morgan fingerprint density at radius 2 is 2.18 bits per heavy atom. The normalized spacial score (nSPS) is 12.0. The van der Waals surface area contributed by atoms with Gasteiger partial charge in [-0.15, -0.1) is 13.2 Å². The first-order chi connectivity index (χ1) is 4.95. The lowest BCUT2D eigenvalue weighted by atomic mass is 10.6. The average Bonchev–Trinajstić information content (AvgIpc) is 1.79. The zero-order valence-corrected chi connectivity index (χ0v) is 5.98. The minimum absolute atomic E-state index is 0.403. The minimum Gasteiger partial charge on any atom is -0.405 e. The molecule has 0 aliphatic rings. The summed E-state index contributed by atoms with van der Waals surface area (Å²) in [7, 11) is 0. The van der Waals surface area contributed by atoms with Gasteiger partial charge in [0.25, 0.3) is 0 Å². The molecule has 64 valence electrons. The van der Waals surface area contributed by atoms with Crippen LogP contribution in [0.1, 0.15) is 6.92 Å². The summed E-state index contributed by atoms with van der Waals surface area (Å²) in [6.45, 7) is 5.08. The van der Waals surface area contributed by atoms with Crippen LogP contribution in [0.5, 0.6) is 0 Å².